The molecule has 2 rings (SSSR count). The summed E-state index contributed by atoms with van der Waals surface area (Å²) in [6.45, 7) is 1.35. The van der Waals surface area contributed by atoms with Gasteiger partial charge in [0.1, 0.15) is 0 Å². The van der Waals surface area contributed by atoms with Crippen LogP contribution in [0.25, 0.3) is 0 Å². The predicted molar refractivity (Wildman–Crippen MR) is 68.1 cm³/mol. The molecule has 0 bridgehead atoms. The number of hydrogen-bond donors (Lipinski definition) is 1. The van der Waals surface area contributed by atoms with Gasteiger partial charge in [0, 0.05) is 11.3 Å². The molecule has 0 radical (unpaired) electrons. The Labute approximate surface area is 117 Å². The van der Waals surface area contributed by atoms with E-state index in [9.17, 15) is 22.8 Å². The van der Waals surface area contributed by atoms with E-state index in [1.165, 1.54) is 31.2 Å². The van der Waals surface area contributed by atoms with Crippen LogP contribution in [0.5, 0.6) is 0 Å². The van der Waals surface area contributed by atoms with Gasteiger partial charge in [-0.25, -0.2) is 0 Å². The van der Waals surface area contributed by atoms with E-state index in [0.717, 1.165) is 12.3 Å². The first-order valence-electron chi connectivity index (χ1n) is 5.86. The van der Waals surface area contributed by atoms with Crippen molar-refractivity contribution < 1.29 is 27.2 Å². The van der Waals surface area contributed by atoms with Gasteiger partial charge in [0.2, 0.25) is 5.76 Å². The summed E-state index contributed by atoms with van der Waals surface area (Å²) in [5.41, 5.74) is -0.0474. The molecule has 1 amide bonds. The first-order valence-corrected chi connectivity index (χ1v) is 5.86. The summed E-state index contributed by atoms with van der Waals surface area (Å²) in [7, 11) is 0. The van der Waals surface area contributed by atoms with E-state index >= 15 is 0 Å². The van der Waals surface area contributed by atoms with Gasteiger partial charge in [0.05, 0.1) is 11.8 Å². The number of Topliss-reactive ketones (excluding diaryl/α,β-unsaturated/α-hetero) is 1. The van der Waals surface area contributed by atoms with Crippen molar-refractivity contribution in [2.45, 2.75) is 13.1 Å². The highest BCUT2D eigenvalue weighted by molar-refractivity contribution is 6.05. The molecule has 1 heterocycles. The Morgan fingerprint density at radius 1 is 1.19 bits per heavy atom. The highest BCUT2D eigenvalue weighted by atomic mass is 19.4. The summed E-state index contributed by atoms with van der Waals surface area (Å²) in [5.74, 6) is -2.54. The number of furan rings is 1. The van der Waals surface area contributed by atoms with Crippen molar-refractivity contribution in [2.24, 2.45) is 0 Å². The summed E-state index contributed by atoms with van der Waals surface area (Å²) in [5, 5.41) is 2.30. The van der Waals surface area contributed by atoms with E-state index in [1.807, 2.05) is 0 Å². The quantitative estimate of drug-likeness (QED) is 0.878. The lowest BCUT2D eigenvalue weighted by Crippen LogP contribution is -2.17. The largest absolute Gasteiger partial charge is 0.459 e. The zero-order valence-corrected chi connectivity index (χ0v) is 10.8. The molecule has 21 heavy (non-hydrogen) atoms. The molecule has 0 fully saturated rings. The Morgan fingerprint density at radius 3 is 2.52 bits per heavy atom. The molecular weight excluding hydrogens is 287 g/mol. The Morgan fingerprint density at radius 2 is 1.90 bits per heavy atom. The maximum Gasteiger partial charge on any atom is 0.450 e. The van der Waals surface area contributed by atoms with Gasteiger partial charge in [0.25, 0.3) is 5.91 Å². The fourth-order valence-electron chi connectivity index (χ4n) is 1.72. The minimum Gasteiger partial charge on any atom is -0.459 e. The smallest absolute Gasteiger partial charge is 0.450 e. The first-order chi connectivity index (χ1) is 9.79. The highest BCUT2D eigenvalue weighted by Gasteiger charge is 2.39. The van der Waals surface area contributed by atoms with Crippen LogP contribution in [-0.4, -0.2) is 11.7 Å². The number of carbonyl (C=O) groups excluding carboxylic acids is 2. The van der Waals surface area contributed by atoms with Crippen molar-refractivity contribution in [1.29, 1.82) is 0 Å². The van der Waals surface area contributed by atoms with Gasteiger partial charge in [-0.05, 0) is 25.1 Å². The zero-order valence-electron chi connectivity index (χ0n) is 10.8. The molecule has 0 spiro atoms. The van der Waals surface area contributed by atoms with Gasteiger partial charge >= 0.3 is 6.18 Å². The molecule has 7 heteroatoms. The summed E-state index contributed by atoms with van der Waals surface area (Å²) in [4.78, 5) is 23.1. The third-order valence-corrected chi connectivity index (χ3v) is 2.69. The van der Waals surface area contributed by atoms with Crippen LogP contribution in [0.4, 0.5) is 18.9 Å². The number of rotatable bonds is 3. The van der Waals surface area contributed by atoms with Crippen LogP contribution in [0, 0.1) is 0 Å². The maximum absolute atomic E-state index is 12.6. The Balaban J connectivity index is 2.25. The van der Waals surface area contributed by atoms with Gasteiger partial charge in [-0.2, -0.15) is 13.2 Å². The fraction of sp³-hybridized carbons (Fsp3) is 0.143. The van der Waals surface area contributed by atoms with Crippen molar-refractivity contribution in [3.8, 4) is 0 Å². The average molecular weight is 297 g/mol. The van der Waals surface area contributed by atoms with E-state index in [1.54, 1.807) is 0 Å². The second kappa shape index (κ2) is 5.43. The third-order valence-electron chi connectivity index (χ3n) is 2.69. The van der Waals surface area contributed by atoms with Crippen LogP contribution in [0.15, 0.2) is 41.0 Å². The summed E-state index contributed by atoms with van der Waals surface area (Å²) in [6, 6.07) is 6.85. The number of ketones is 1. The predicted octanol–water partition coefficient (Wildman–Crippen LogP) is 3.75. The molecule has 0 saturated carbocycles. The zero-order chi connectivity index (χ0) is 15.6. The van der Waals surface area contributed by atoms with Crippen LogP contribution in [-0.2, 0) is 6.18 Å². The van der Waals surface area contributed by atoms with Crippen molar-refractivity contribution >= 4 is 17.4 Å². The van der Waals surface area contributed by atoms with Gasteiger partial charge in [-0.3, -0.25) is 9.59 Å². The van der Waals surface area contributed by atoms with E-state index in [-0.39, 0.29) is 11.5 Å². The Bertz CT molecular complexity index is 689. The molecule has 0 aliphatic heterocycles. The molecule has 110 valence electrons. The van der Waals surface area contributed by atoms with Gasteiger partial charge in [0.15, 0.2) is 5.78 Å². The molecule has 2 aromatic rings. The maximum atomic E-state index is 12.6. The van der Waals surface area contributed by atoms with Crippen molar-refractivity contribution in [3.63, 3.8) is 0 Å². The lowest BCUT2D eigenvalue weighted by atomic mass is 10.1. The van der Waals surface area contributed by atoms with Gasteiger partial charge < -0.3 is 9.73 Å². The van der Waals surface area contributed by atoms with E-state index in [2.05, 4.69) is 9.73 Å². The SMILES string of the molecule is CC(=O)c1cccc(NC(=O)c2ccoc2C(F)(F)F)c1. The van der Waals surface area contributed by atoms with Crippen molar-refractivity contribution in [2.75, 3.05) is 5.32 Å². The molecule has 1 aromatic carbocycles. The van der Waals surface area contributed by atoms with E-state index in [0.29, 0.717) is 5.56 Å². The summed E-state index contributed by atoms with van der Waals surface area (Å²) in [6.07, 6.45) is -3.96. The topological polar surface area (TPSA) is 59.3 Å². The number of amides is 1. The number of benzene rings is 1. The Kier molecular flexibility index (Phi) is 3.84. The second-order valence-corrected chi connectivity index (χ2v) is 4.25. The number of alkyl halides is 3. The molecule has 0 saturated heterocycles. The van der Waals surface area contributed by atoms with E-state index in [4.69, 9.17) is 0 Å². The van der Waals surface area contributed by atoms with Gasteiger partial charge in [-0.1, -0.05) is 12.1 Å². The molecule has 0 atom stereocenters. The number of halogens is 3. The second-order valence-electron chi connectivity index (χ2n) is 4.25. The number of carbonyl (C=O) groups is 2. The standard InChI is InChI=1S/C14H10F3NO3/c1-8(19)9-3-2-4-10(7-9)18-13(20)11-5-6-21-12(11)14(15,16)17/h2-7H,1H3,(H,18,20). The molecule has 4 nitrogen and oxygen atoms in total. The van der Waals surface area contributed by atoms with Gasteiger partial charge in [-0.15, -0.1) is 0 Å². The monoisotopic (exact) mass is 297 g/mol. The lowest BCUT2D eigenvalue weighted by Gasteiger charge is -2.08. The van der Waals surface area contributed by atoms with Crippen LogP contribution in [0.3, 0.4) is 0 Å². The highest BCUT2D eigenvalue weighted by Crippen LogP contribution is 2.33. The molecule has 0 aliphatic rings. The van der Waals surface area contributed by atoms with Crippen LogP contribution in [0.2, 0.25) is 0 Å². The third kappa shape index (κ3) is 3.31. The minimum absolute atomic E-state index is 0.217. The molecule has 1 aromatic heterocycles. The number of hydrogen-bond acceptors (Lipinski definition) is 3. The summed E-state index contributed by atoms with van der Waals surface area (Å²) < 4.78 is 42.2. The minimum atomic E-state index is -4.75. The van der Waals surface area contributed by atoms with Crippen molar-refractivity contribution in [1.82, 2.24) is 0 Å². The van der Waals surface area contributed by atoms with E-state index < -0.39 is 23.4 Å². The molecule has 0 aliphatic carbocycles. The summed E-state index contributed by atoms with van der Waals surface area (Å²) >= 11 is 0. The van der Waals surface area contributed by atoms with Crippen LogP contribution >= 0.6 is 0 Å². The molecule has 0 unspecified atom stereocenters. The van der Waals surface area contributed by atoms with Crippen LogP contribution < -0.4 is 5.32 Å². The first kappa shape index (κ1) is 14.8. The normalized spacial score (nSPS) is 11.2. The number of nitrogens with one attached hydrogen (secondary N) is 1. The number of anilines is 1. The fourth-order valence-corrected chi connectivity index (χ4v) is 1.72. The van der Waals surface area contributed by atoms with Crippen molar-refractivity contribution in [3.05, 3.63) is 53.5 Å². The average Bonchev–Trinajstić information content (AvgIpc) is 2.88. The van der Waals surface area contributed by atoms with Crippen LogP contribution in [0.1, 0.15) is 33.4 Å². The lowest BCUT2D eigenvalue weighted by molar-refractivity contribution is -0.153. The Hall–Kier alpha value is -2.57. The molecule has 1 N–H and O–H groups in total. The molecular formula is C14H10F3NO3.